The Morgan fingerprint density at radius 3 is 2.43 bits per heavy atom. The van der Waals surface area contributed by atoms with Gasteiger partial charge in [0.15, 0.2) is 0 Å². The minimum atomic E-state index is -0.463. The number of rotatable bonds is 9. The third-order valence-corrected chi connectivity index (χ3v) is 7.30. The molecule has 0 aromatic heterocycles. The van der Waals surface area contributed by atoms with Crippen molar-refractivity contribution in [1.29, 1.82) is 0 Å². The number of carbonyl (C=O) groups excluding carboxylic acids is 3. The second-order valence-electron chi connectivity index (χ2n) is 10.6. The van der Waals surface area contributed by atoms with Crippen molar-refractivity contribution in [3.63, 3.8) is 0 Å². The van der Waals surface area contributed by atoms with E-state index in [9.17, 15) is 19.5 Å². The van der Waals surface area contributed by atoms with Gasteiger partial charge in [-0.05, 0) is 55.0 Å². The SMILES string of the molecule is COc1ccc(NC(=O)N(C)C[C@@H]2Oc3ccc(NC(=O)Cc4ccccc4)cc3C(=O)N([C@@H](C)CO)C[C@H]2C)cc1. The third kappa shape index (κ3) is 7.58. The summed E-state index contributed by atoms with van der Waals surface area (Å²) >= 11 is 0. The van der Waals surface area contributed by atoms with Gasteiger partial charge in [0.2, 0.25) is 5.91 Å². The van der Waals surface area contributed by atoms with E-state index in [-0.39, 0.29) is 48.9 Å². The predicted octanol–water partition coefficient (Wildman–Crippen LogP) is 4.26. The molecule has 4 rings (SSSR count). The van der Waals surface area contributed by atoms with E-state index >= 15 is 0 Å². The predicted molar refractivity (Wildman–Crippen MR) is 161 cm³/mol. The van der Waals surface area contributed by atoms with Crippen LogP contribution in [0, 0.1) is 5.92 Å². The summed E-state index contributed by atoms with van der Waals surface area (Å²) in [5, 5.41) is 15.7. The smallest absolute Gasteiger partial charge is 0.321 e. The second-order valence-corrected chi connectivity index (χ2v) is 10.6. The Morgan fingerprint density at radius 2 is 1.76 bits per heavy atom. The van der Waals surface area contributed by atoms with Gasteiger partial charge >= 0.3 is 6.03 Å². The van der Waals surface area contributed by atoms with E-state index in [1.807, 2.05) is 37.3 Å². The average Bonchev–Trinajstić information content (AvgIpc) is 2.99. The first-order chi connectivity index (χ1) is 20.2. The van der Waals surface area contributed by atoms with Gasteiger partial charge < -0.3 is 35.0 Å². The molecule has 1 aliphatic rings. The number of carbonyl (C=O) groups is 3. The number of aliphatic hydroxyl groups is 1. The van der Waals surface area contributed by atoms with Crippen molar-refractivity contribution >= 4 is 29.2 Å². The number of hydrogen-bond acceptors (Lipinski definition) is 6. The molecule has 0 spiro atoms. The quantitative estimate of drug-likeness (QED) is 0.351. The lowest BCUT2D eigenvalue weighted by atomic mass is 9.99. The first-order valence-electron chi connectivity index (χ1n) is 13.9. The topological polar surface area (TPSA) is 120 Å². The highest BCUT2D eigenvalue weighted by molar-refractivity contribution is 6.00. The molecule has 10 heteroatoms. The first kappa shape index (κ1) is 30.4. The van der Waals surface area contributed by atoms with Gasteiger partial charge in [-0.25, -0.2) is 4.79 Å². The largest absolute Gasteiger partial charge is 0.497 e. The van der Waals surface area contributed by atoms with Crippen molar-refractivity contribution in [2.75, 3.05) is 44.5 Å². The van der Waals surface area contributed by atoms with Crippen LogP contribution in [-0.2, 0) is 11.2 Å². The molecule has 0 bridgehead atoms. The molecular weight excluding hydrogens is 536 g/mol. The van der Waals surface area contributed by atoms with Gasteiger partial charge in [-0.15, -0.1) is 0 Å². The molecule has 3 atom stereocenters. The van der Waals surface area contributed by atoms with Crippen molar-refractivity contribution in [2.45, 2.75) is 32.4 Å². The van der Waals surface area contributed by atoms with Gasteiger partial charge in [0.05, 0.1) is 38.3 Å². The van der Waals surface area contributed by atoms with Gasteiger partial charge in [-0.2, -0.15) is 0 Å². The Labute approximate surface area is 246 Å². The number of hydrogen-bond donors (Lipinski definition) is 3. The van der Waals surface area contributed by atoms with Crippen LogP contribution in [0.4, 0.5) is 16.2 Å². The molecule has 4 amide bonds. The fourth-order valence-electron chi connectivity index (χ4n) is 4.75. The standard InChI is InChI=1S/C32H38N4O6/c1-21-18-36(22(2)20-37)31(39)27-17-25(33-30(38)16-23-8-6-5-7-9-23)12-15-28(27)42-29(21)19-35(3)32(40)34-24-10-13-26(41-4)14-11-24/h5-15,17,21-22,29,37H,16,18-20H2,1-4H3,(H,33,38)(H,34,40)/t21-,22+,29+/m1/s1. The summed E-state index contributed by atoms with van der Waals surface area (Å²) in [4.78, 5) is 42.5. The average molecular weight is 575 g/mol. The summed E-state index contributed by atoms with van der Waals surface area (Å²) in [6.07, 6.45) is -0.268. The Kier molecular flexibility index (Phi) is 10.0. The van der Waals surface area contributed by atoms with Crippen LogP contribution in [0.2, 0.25) is 0 Å². The van der Waals surface area contributed by atoms with E-state index in [2.05, 4.69) is 10.6 Å². The maximum absolute atomic E-state index is 13.7. The monoisotopic (exact) mass is 574 g/mol. The van der Waals surface area contributed by atoms with Crippen molar-refractivity contribution in [1.82, 2.24) is 9.80 Å². The van der Waals surface area contributed by atoms with Crippen molar-refractivity contribution in [2.24, 2.45) is 5.92 Å². The molecule has 3 aromatic rings. The second kappa shape index (κ2) is 13.9. The van der Waals surface area contributed by atoms with E-state index in [1.165, 1.54) is 4.90 Å². The maximum Gasteiger partial charge on any atom is 0.321 e. The number of urea groups is 1. The molecule has 0 aliphatic carbocycles. The van der Waals surface area contributed by atoms with E-state index in [0.717, 1.165) is 5.56 Å². The highest BCUT2D eigenvalue weighted by Gasteiger charge is 2.34. The third-order valence-electron chi connectivity index (χ3n) is 7.30. The van der Waals surface area contributed by atoms with E-state index in [0.29, 0.717) is 29.4 Å². The number of likely N-dealkylation sites (N-methyl/N-ethyl adjacent to an activating group) is 1. The Hall–Kier alpha value is -4.57. The van der Waals surface area contributed by atoms with Crippen molar-refractivity contribution in [3.05, 3.63) is 83.9 Å². The summed E-state index contributed by atoms with van der Waals surface area (Å²) in [6, 6.07) is 20.6. The molecule has 1 aliphatic heterocycles. The fraction of sp³-hybridized carbons (Fsp3) is 0.344. The van der Waals surface area contributed by atoms with Gasteiger partial charge in [-0.1, -0.05) is 37.3 Å². The van der Waals surface area contributed by atoms with Crippen LogP contribution in [-0.4, -0.2) is 78.8 Å². The molecule has 0 fully saturated rings. The van der Waals surface area contributed by atoms with Crippen LogP contribution in [0.5, 0.6) is 11.5 Å². The van der Waals surface area contributed by atoms with Gasteiger partial charge in [-0.3, -0.25) is 9.59 Å². The summed E-state index contributed by atoms with van der Waals surface area (Å²) in [7, 11) is 3.26. The van der Waals surface area contributed by atoms with Gasteiger partial charge in [0, 0.05) is 30.9 Å². The fourth-order valence-corrected chi connectivity index (χ4v) is 4.75. The number of ether oxygens (including phenoxy) is 2. The van der Waals surface area contributed by atoms with Gasteiger partial charge in [0.1, 0.15) is 17.6 Å². The molecule has 0 radical (unpaired) electrons. The number of anilines is 2. The number of methoxy groups -OCH3 is 1. The van der Waals surface area contributed by atoms with Crippen LogP contribution < -0.4 is 20.1 Å². The van der Waals surface area contributed by atoms with Crippen molar-refractivity contribution < 1.29 is 29.0 Å². The van der Waals surface area contributed by atoms with Gasteiger partial charge in [0.25, 0.3) is 5.91 Å². The molecule has 42 heavy (non-hydrogen) atoms. The highest BCUT2D eigenvalue weighted by Crippen LogP contribution is 2.31. The van der Waals surface area contributed by atoms with Crippen LogP contribution in [0.25, 0.3) is 0 Å². The van der Waals surface area contributed by atoms with E-state index < -0.39 is 12.1 Å². The first-order valence-corrected chi connectivity index (χ1v) is 13.9. The minimum absolute atomic E-state index is 0.169. The zero-order valence-corrected chi connectivity index (χ0v) is 24.4. The zero-order chi connectivity index (χ0) is 30.2. The number of nitrogens with zero attached hydrogens (tertiary/aromatic N) is 2. The molecule has 0 saturated carbocycles. The molecule has 222 valence electrons. The zero-order valence-electron chi connectivity index (χ0n) is 24.4. The lowest BCUT2D eigenvalue weighted by Gasteiger charge is -2.38. The maximum atomic E-state index is 13.7. The van der Waals surface area contributed by atoms with E-state index in [1.54, 1.807) is 68.4 Å². The van der Waals surface area contributed by atoms with Crippen LogP contribution in [0.15, 0.2) is 72.8 Å². The number of nitrogens with one attached hydrogen (secondary N) is 2. The summed E-state index contributed by atoms with van der Waals surface area (Å²) < 4.78 is 11.5. The number of aliphatic hydroxyl groups excluding tert-OH is 1. The summed E-state index contributed by atoms with van der Waals surface area (Å²) in [6.45, 7) is 4.07. The van der Waals surface area contributed by atoms with Crippen molar-refractivity contribution in [3.8, 4) is 11.5 Å². The number of benzene rings is 3. The Balaban J connectivity index is 1.53. The Bertz CT molecular complexity index is 1380. The minimum Gasteiger partial charge on any atom is -0.497 e. The molecule has 3 aromatic carbocycles. The molecule has 1 heterocycles. The van der Waals surface area contributed by atoms with Crippen LogP contribution >= 0.6 is 0 Å². The molecule has 0 saturated heterocycles. The number of amides is 4. The Morgan fingerprint density at radius 1 is 1.07 bits per heavy atom. The van der Waals surface area contributed by atoms with E-state index in [4.69, 9.17) is 9.47 Å². The van der Waals surface area contributed by atoms with Crippen LogP contribution in [0.1, 0.15) is 29.8 Å². The highest BCUT2D eigenvalue weighted by atomic mass is 16.5. The van der Waals surface area contributed by atoms with Crippen LogP contribution in [0.3, 0.4) is 0 Å². The summed E-state index contributed by atoms with van der Waals surface area (Å²) in [5.74, 6) is 0.347. The molecule has 0 unspecified atom stereocenters. The molecule has 3 N–H and O–H groups in total. The lowest BCUT2D eigenvalue weighted by Crippen LogP contribution is -2.50. The number of fused-ring (bicyclic) bond motifs is 1. The lowest BCUT2D eigenvalue weighted by molar-refractivity contribution is -0.115. The normalized spacial score (nSPS) is 17.2. The molecular formula is C32H38N4O6. The summed E-state index contributed by atoms with van der Waals surface area (Å²) in [5.41, 5.74) is 2.24. The molecule has 10 nitrogen and oxygen atoms in total.